The van der Waals surface area contributed by atoms with E-state index in [0.29, 0.717) is 11.5 Å². The number of hydrogen-bond acceptors (Lipinski definition) is 6. The van der Waals surface area contributed by atoms with E-state index >= 15 is 0 Å². The van der Waals surface area contributed by atoms with Gasteiger partial charge in [0.25, 0.3) is 0 Å². The van der Waals surface area contributed by atoms with E-state index in [1.165, 1.54) is 16.6 Å². The summed E-state index contributed by atoms with van der Waals surface area (Å²) in [5, 5.41) is 6.13. The lowest BCUT2D eigenvalue weighted by molar-refractivity contribution is 0.0718. The summed E-state index contributed by atoms with van der Waals surface area (Å²) in [6.07, 6.45) is 8.04. The minimum Gasteiger partial charge on any atom is -0.328 e. The molecule has 3 saturated heterocycles. The minimum absolute atomic E-state index is 0.187. The third-order valence-corrected chi connectivity index (χ3v) is 7.95. The van der Waals surface area contributed by atoms with Crippen molar-refractivity contribution in [2.75, 3.05) is 51.1 Å². The van der Waals surface area contributed by atoms with Gasteiger partial charge in [-0.15, -0.1) is 0 Å². The Morgan fingerprint density at radius 2 is 1.86 bits per heavy atom. The van der Waals surface area contributed by atoms with Gasteiger partial charge in [0.2, 0.25) is 0 Å². The fourth-order valence-electron chi connectivity index (χ4n) is 5.39. The quantitative estimate of drug-likeness (QED) is 0.604. The predicted molar refractivity (Wildman–Crippen MR) is 137 cm³/mol. The highest BCUT2D eigenvalue weighted by molar-refractivity contribution is 5.88. The molecule has 0 aliphatic carbocycles. The van der Waals surface area contributed by atoms with Crippen molar-refractivity contribution in [1.82, 2.24) is 24.7 Å². The highest BCUT2D eigenvalue weighted by Crippen LogP contribution is 2.35. The molecule has 4 heterocycles. The van der Waals surface area contributed by atoms with Crippen LogP contribution in [0.2, 0.25) is 0 Å². The fraction of sp³-hybridized carbons (Fsp3) is 0.577. The lowest BCUT2D eigenvalue weighted by Gasteiger charge is -2.48. The van der Waals surface area contributed by atoms with Crippen LogP contribution in [0.1, 0.15) is 37.7 Å². The molecule has 9 nitrogen and oxygen atoms in total. The maximum atomic E-state index is 12.7. The summed E-state index contributed by atoms with van der Waals surface area (Å²) in [5.74, 6) is 0.288. The van der Waals surface area contributed by atoms with E-state index in [2.05, 4.69) is 32.7 Å². The van der Waals surface area contributed by atoms with E-state index < -0.39 is 5.69 Å². The fourth-order valence-corrected chi connectivity index (χ4v) is 5.39. The standard InChI is InChI=1S/C26H37N7O2/c27-21-2-1-12-31(14-8-21)13-7-20-3-5-22(6-4-20)33-15-9-23(30-25(33)35)29-24(34)32-16-10-26(11-17-32)18-28-19-26/h3-6,9,15,21,28H,1-2,7-8,10-14,16-19,27H2,(H,29,30,34,35). The van der Waals surface area contributed by atoms with Crippen molar-refractivity contribution in [2.45, 2.75) is 44.6 Å². The Kier molecular flexibility index (Phi) is 7.17. The molecule has 4 N–H and O–H groups in total. The zero-order valence-electron chi connectivity index (χ0n) is 20.4. The maximum Gasteiger partial charge on any atom is 0.354 e. The Bertz CT molecular complexity index is 1070. The first-order valence-electron chi connectivity index (χ1n) is 12.9. The van der Waals surface area contributed by atoms with Crippen molar-refractivity contribution < 1.29 is 4.79 Å². The summed E-state index contributed by atoms with van der Waals surface area (Å²) in [5.41, 5.74) is 8.07. The van der Waals surface area contributed by atoms with Crippen molar-refractivity contribution in [3.63, 3.8) is 0 Å². The largest absolute Gasteiger partial charge is 0.354 e. The van der Waals surface area contributed by atoms with Crippen molar-refractivity contribution >= 4 is 11.8 Å². The number of likely N-dealkylation sites (tertiary alicyclic amines) is 2. The second-order valence-corrected chi connectivity index (χ2v) is 10.4. The monoisotopic (exact) mass is 479 g/mol. The first kappa shape index (κ1) is 24.0. The molecule has 0 saturated carbocycles. The van der Waals surface area contributed by atoms with Crippen molar-refractivity contribution in [1.29, 1.82) is 0 Å². The van der Waals surface area contributed by atoms with Gasteiger partial charge in [-0.1, -0.05) is 12.1 Å². The minimum atomic E-state index is -0.408. The highest BCUT2D eigenvalue weighted by Gasteiger charge is 2.40. The molecule has 3 aliphatic heterocycles. The summed E-state index contributed by atoms with van der Waals surface area (Å²) in [7, 11) is 0. The molecule has 35 heavy (non-hydrogen) atoms. The number of nitrogens with two attached hydrogens (primary N) is 1. The molecule has 188 valence electrons. The smallest absolute Gasteiger partial charge is 0.328 e. The average Bonchev–Trinajstić information content (AvgIpc) is 3.06. The Hall–Kier alpha value is -2.75. The van der Waals surface area contributed by atoms with E-state index in [0.717, 1.165) is 83.6 Å². The summed E-state index contributed by atoms with van der Waals surface area (Å²) < 4.78 is 1.50. The molecule has 5 rings (SSSR count). The normalized spacial score (nSPS) is 22.4. The topological polar surface area (TPSA) is 109 Å². The Morgan fingerprint density at radius 1 is 1.09 bits per heavy atom. The van der Waals surface area contributed by atoms with Crippen LogP contribution < -0.4 is 22.1 Å². The molecule has 1 aromatic carbocycles. The van der Waals surface area contributed by atoms with Crippen LogP contribution in [0.15, 0.2) is 41.3 Å². The number of nitrogens with zero attached hydrogens (tertiary/aromatic N) is 4. The van der Waals surface area contributed by atoms with E-state index in [-0.39, 0.29) is 11.8 Å². The zero-order chi connectivity index (χ0) is 24.3. The van der Waals surface area contributed by atoms with Gasteiger partial charge in [-0.25, -0.2) is 9.59 Å². The van der Waals surface area contributed by atoms with Gasteiger partial charge in [0, 0.05) is 45.0 Å². The van der Waals surface area contributed by atoms with Crippen LogP contribution >= 0.6 is 0 Å². The number of benzene rings is 1. The van der Waals surface area contributed by atoms with Gasteiger partial charge in [-0.3, -0.25) is 9.88 Å². The van der Waals surface area contributed by atoms with E-state index in [1.807, 2.05) is 17.0 Å². The van der Waals surface area contributed by atoms with Gasteiger partial charge in [-0.2, -0.15) is 4.98 Å². The van der Waals surface area contributed by atoms with Crippen molar-refractivity contribution in [3.05, 3.63) is 52.6 Å². The number of amides is 2. The van der Waals surface area contributed by atoms with Crippen LogP contribution in [0.25, 0.3) is 5.69 Å². The molecule has 2 aromatic rings. The first-order chi connectivity index (χ1) is 17.0. The first-order valence-corrected chi connectivity index (χ1v) is 12.9. The van der Waals surface area contributed by atoms with Crippen LogP contribution in [-0.2, 0) is 6.42 Å². The maximum absolute atomic E-state index is 12.7. The highest BCUT2D eigenvalue weighted by atomic mass is 16.2. The summed E-state index contributed by atoms with van der Waals surface area (Å²) in [6.45, 7) is 6.79. The SMILES string of the molecule is NC1CCCN(CCc2ccc(-n3ccc(NC(=O)N4CCC5(CC4)CNC5)nc3=O)cc2)CC1. The second-order valence-electron chi connectivity index (χ2n) is 10.4. The van der Waals surface area contributed by atoms with Crippen LogP contribution in [0.5, 0.6) is 0 Å². The summed E-state index contributed by atoms with van der Waals surface area (Å²) >= 11 is 0. The summed E-state index contributed by atoms with van der Waals surface area (Å²) in [6, 6.07) is 9.88. The third kappa shape index (κ3) is 5.74. The molecule has 0 radical (unpaired) electrons. The van der Waals surface area contributed by atoms with Crippen LogP contribution in [0.3, 0.4) is 0 Å². The van der Waals surface area contributed by atoms with Gasteiger partial charge in [-0.05, 0) is 80.8 Å². The molecule has 1 aromatic heterocycles. The molecule has 1 unspecified atom stereocenters. The predicted octanol–water partition coefficient (Wildman–Crippen LogP) is 1.81. The van der Waals surface area contributed by atoms with Gasteiger partial charge < -0.3 is 20.9 Å². The number of anilines is 1. The van der Waals surface area contributed by atoms with Gasteiger partial charge in [0.05, 0.1) is 5.69 Å². The third-order valence-electron chi connectivity index (χ3n) is 7.95. The van der Waals surface area contributed by atoms with Crippen molar-refractivity contribution in [3.8, 4) is 5.69 Å². The number of nitrogens with one attached hydrogen (secondary N) is 2. The number of carbonyl (C=O) groups excluding carboxylic acids is 1. The van der Waals surface area contributed by atoms with Crippen molar-refractivity contribution in [2.24, 2.45) is 11.1 Å². The molecule has 1 spiro atoms. The van der Waals surface area contributed by atoms with Gasteiger partial charge in [0.1, 0.15) is 5.82 Å². The molecule has 1 atom stereocenters. The average molecular weight is 480 g/mol. The molecule has 2 amide bonds. The second kappa shape index (κ2) is 10.5. The molecular weight excluding hydrogens is 442 g/mol. The lowest BCUT2D eigenvalue weighted by atomic mass is 9.73. The van der Waals surface area contributed by atoms with Crippen LogP contribution in [0.4, 0.5) is 10.6 Å². The van der Waals surface area contributed by atoms with Crippen LogP contribution in [-0.4, -0.2) is 77.2 Å². The lowest BCUT2D eigenvalue weighted by Crippen LogP contribution is -2.59. The molecule has 3 aliphatic rings. The molecule has 9 heteroatoms. The van der Waals surface area contributed by atoms with Gasteiger partial charge >= 0.3 is 11.7 Å². The number of rotatable bonds is 5. The van der Waals surface area contributed by atoms with E-state index in [9.17, 15) is 9.59 Å². The van der Waals surface area contributed by atoms with E-state index in [4.69, 9.17) is 5.73 Å². The van der Waals surface area contributed by atoms with E-state index in [1.54, 1.807) is 12.3 Å². The molecular formula is C26H37N7O2. The Morgan fingerprint density at radius 3 is 2.54 bits per heavy atom. The molecule has 3 fully saturated rings. The van der Waals surface area contributed by atoms with Gasteiger partial charge in [0.15, 0.2) is 0 Å². The molecule has 0 bridgehead atoms. The number of hydrogen-bond donors (Lipinski definition) is 3. The number of carbonyl (C=O) groups is 1. The Labute approximate surface area is 206 Å². The Balaban J connectivity index is 1.15. The zero-order valence-corrected chi connectivity index (χ0v) is 20.4. The van der Waals surface area contributed by atoms with Crippen LogP contribution in [0, 0.1) is 5.41 Å². The number of urea groups is 1. The summed E-state index contributed by atoms with van der Waals surface area (Å²) in [4.78, 5) is 33.7. The number of piperidine rings is 1. The number of aromatic nitrogens is 2.